The van der Waals surface area contributed by atoms with Gasteiger partial charge in [0.05, 0.1) is 5.56 Å². The number of nitrogen functional groups attached to an aromatic ring is 1. The number of aromatic amines is 1. The second-order valence-electron chi connectivity index (χ2n) is 3.92. The van der Waals surface area contributed by atoms with E-state index in [1.54, 1.807) is 0 Å². The second-order valence-corrected chi connectivity index (χ2v) is 4.91. The number of pyridine rings is 1. The van der Waals surface area contributed by atoms with E-state index in [9.17, 15) is 22.8 Å². The van der Waals surface area contributed by atoms with Gasteiger partial charge in [0.2, 0.25) is 0 Å². The van der Waals surface area contributed by atoms with Crippen LogP contribution in [0.4, 0.5) is 19.0 Å². The van der Waals surface area contributed by atoms with Gasteiger partial charge in [0.15, 0.2) is 5.16 Å². The lowest BCUT2D eigenvalue weighted by atomic mass is 10.2. The minimum Gasteiger partial charge on any atom is -0.384 e. The molecule has 21 heavy (non-hydrogen) atoms. The first-order chi connectivity index (χ1) is 9.66. The number of rotatable bonds is 2. The fraction of sp³-hybridized carbons (Fsp3) is 0.200. The molecule has 0 aliphatic heterocycles. The van der Waals surface area contributed by atoms with Gasteiger partial charge in [-0.15, -0.1) is 0 Å². The third-order valence-electron chi connectivity index (χ3n) is 2.29. The molecule has 0 aliphatic rings. The summed E-state index contributed by atoms with van der Waals surface area (Å²) >= 11 is 0.672. The van der Waals surface area contributed by atoms with Crippen molar-refractivity contribution in [1.82, 2.24) is 19.7 Å². The molecule has 0 saturated heterocycles. The maximum absolute atomic E-state index is 12.7. The summed E-state index contributed by atoms with van der Waals surface area (Å²) in [7, 11) is 1.38. The molecule has 0 bridgehead atoms. The Morgan fingerprint density at radius 3 is 2.57 bits per heavy atom. The Morgan fingerprint density at radius 1 is 1.29 bits per heavy atom. The van der Waals surface area contributed by atoms with E-state index in [0.717, 1.165) is 10.7 Å². The number of hydrogen-bond donors (Lipinski definition) is 2. The van der Waals surface area contributed by atoms with Crippen LogP contribution >= 0.6 is 11.8 Å². The summed E-state index contributed by atoms with van der Waals surface area (Å²) in [5, 5.41) is 2.05. The molecule has 3 N–H and O–H groups in total. The quantitative estimate of drug-likeness (QED) is 0.786. The number of alkyl halides is 3. The zero-order chi connectivity index (χ0) is 15.8. The van der Waals surface area contributed by atoms with Crippen molar-refractivity contribution in [3.05, 3.63) is 38.4 Å². The minimum absolute atomic E-state index is 0.0224. The molecule has 2 aromatic rings. The largest absolute Gasteiger partial charge is 0.416 e. The molecule has 7 nitrogen and oxygen atoms in total. The zero-order valence-corrected chi connectivity index (χ0v) is 11.2. The Balaban J connectivity index is 2.45. The summed E-state index contributed by atoms with van der Waals surface area (Å²) in [5.41, 5.74) is 2.39. The van der Waals surface area contributed by atoms with Crippen molar-refractivity contribution < 1.29 is 13.2 Å². The molecular formula is C10H8F3N5O2S. The Morgan fingerprint density at radius 2 is 1.95 bits per heavy atom. The molecule has 0 atom stereocenters. The van der Waals surface area contributed by atoms with E-state index < -0.39 is 22.9 Å². The van der Waals surface area contributed by atoms with Crippen LogP contribution in [0.1, 0.15) is 5.56 Å². The number of nitrogens with zero attached hydrogens (tertiary/aromatic N) is 3. The number of H-pyrrole nitrogens is 1. The van der Waals surface area contributed by atoms with Crippen molar-refractivity contribution >= 4 is 17.6 Å². The standard InChI is InChI=1S/C10H8F3N5O2S/c1-18-9(16-7(19)8(20)17-18)21-6-3-4(10(11,12)13)2-5(14)15-6/h2-3H,1H3,(H2,14,15)(H,17,20). The summed E-state index contributed by atoms with van der Waals surface area (Å²) in [6.45, 7) is 0. The Hall–Kier alpha value is -2.30. The second kappa shape index (κ2) is 5.24. The molecule has 0 unspecified atom stereocenters. The van der Waals surface area contributed by atoms with Gasteiger partial charge in [-0.1, -0.05) is 0 Å². The van der Waals surface area contributed by atoms with Crippen molar-refractivity contribution in [1.29, 1.82) is 0 Å². The number of nitrogens with one attached hydrogen (secondary N) is 1. The van der Waals surface area contributed by atoms with E-state index in [1.807, 2.05) is 0 Å². The van der Waals surface area contributed by atoms with Crippen LogP contribution < -0.4 is 16.9 Å². The third kappa shape index (κ3) is 3.42. The number of hydrogen-bond acceptors (Lipinski definition) is 6. The van der Waals surface area contributed by atoms with E-state index in [1.165, 1.54) is 7.05 Å². The van der Waals surface area contributed by atoms with Crippen LogP contribution in [0.25, 0.3) is 0 Å². The van der Waals surface area contributed by atoms with Crippen LogP contribution in [0.2, 0.25) is 0 Å². The predicted octanol–water partition coefficient (Wildman–Crippen LogP) is 0.616. The van der Waals surface area contributed by atoms with Crippen molar-refractivity contribution in [3.63, 3.8) is 0 Å². The van der Waals surface area contributed by atoms with Gasteiger partial charge in [0.25, 0.3) is 0 Å². The third-order valence-corrected chi connectivity index (χ3v) is 3.26. The Labute approximate surface area is 119 Å². The van der Waals surface area contributed by atoms with Gasteiger partial charge < -0.3 is 5.73 Å². The van der Waals surface area contributed by atoms with E-state index in [-0.39, 0.29) is 16.0 Å². The Kier molecular flexibility index (Phi) is 3.77. The summed E-state index contributed by atoms with van der Waals surface area (Å²) in [4.78, 5) is 29.4. The van der Waals surface area contributed by atoms with Gasteiger partial charge in [0.1, 0.15) is 10.8 Å². The molecule has 112 valence electrons. The topological polar surface area (TPSA) is 107 Å². The number of halogens is 3. The maximum Gasteiger partial charge on any atom is 0.416 e. The molecule has 2 heterocycles. The molecule has 0 saturated carbocycles. The summed E-state index contributed by atoms with van der Waals surface area (Å²) in [6.07, 6.45) is -4.57. The predicted molar refractivity (Wildman–Crippen MR) is 67.9 cm³/mol. The fourth-order valence-corrected chi connectivity index (χ4v) is 2.22. The normalized spacial score (nSPS) is 11.6. The maximum atomic E-state index is 12.7. The highest BCUT2D eigenvalue weighted by molar-refractivity contribution is 7.99. The fourth-order valence-electron chi connectivity index (χ4n) is 1.39. The molecule has 0 radical (unpaired) electrons. The van der Waals surface area contributed by atoms with E-state index in [2.05, 4.69) is 15.1 Å². The summed E-state index contributed by atoms with van der Waals surface area (Å²) < 4.78 is 39.1. The van der Waals surface area contributed by atoms with Crippen molar-refractivity contribution in [2.24, 2.45) is 7.05 Å². The molecular weight excluding hydrogens is 311 g/mol. The van der Waals surface area contributed by atoms with Crippen LogP contribution in [-0.2, 0) is 13.2 Å². The average Bonchev–Trinajstić information content (AvgIpc) is 2.34. The lowest BCUT2D eigenvalue weighted by Gasteiger charge is -2.10. The highest BCUT2D eigenvalue weighted by Crippen LogP contribution is 2.33. The molecule has 0 aliphatic carbocycles. The highest BCUT2D eigenvalue weighted by atomic mass is 32.2. The van der Waals surface area contributed by atoms with E-state index >= 15 is 0 Å². The van der Waals surface area contributed by atoms with Gasteiger partial charge in [-0.3, -0.25) is 19.4 Å². The van der Waals surface area contributed by atoms with Crippen molar-refractivity contribution in [3.8, 4) is 0 Å². The molecule has 0 aromatic carbocycles. The first kappa shape index (κ1) is 15.1. The van der Waals surface area contributed by atoms with E-state index in [0.29, 0.717) is 17.8 Å². The summed E-state index contributed by atoms with van der Waals surface area (Å²) in [5.74, 6) is -0.318. The lowest BCUT2D eigenvalue weighted by molar-refractivity contribution is -0.137. The minimum atomic E-state index is -4.57. The molecule has 0 amide bonds. The number of aryl methyl sites for hydroxylation is 1. The first-order valence-electron chi connectivity index (χ1n) is 5.37. The van der Waals surface area contributed by atoms with Gasteiger partial charge in [0, 0.05) is 7.05 Å². The number of aromatic nitrogens is 4. The monoisotopic (exact) mass is 319 g/mol. The molecule has 2 rings (SSSR count). The van der Waals surface area contributed by atoms with Crippen molar-refractivity contribution in [2.75, 3.05) is 5.73 Å². The van der Waals surface area contributed by atoms with Crippen LogP contribution in [-0.4, -0.2) is 19.7 Å². The SMILES string of the molecule is Cn1[nH]c(=O)c(=O)nc1Sc1cc(C(F)(F)F)cc(N)n1. The van der Waals surface area contributed by atoms with Crippen LogP contribution in [0.3, 0.4) is 0 Å². The zero-order valence-electron chi connectivity index (χ0n) is 10.4. The molecule has 0 fully saturated rings. The first-order valence-corrected chi connectivity index (χ1v) is 6.18. The van der Waals surface area contributed by atoms with Gasteiger partial charge >= 0.3 is 17.3 Å². The number of nitrogens with two attached hydrogens (primary N) is 1. The molecule has 0 spiro atoms. The highest BCUT2D eigenvalue weighted by Gasteiger charge is 2.31. The van der Waals surface area contributed by atoms with Crippen molar-refractivity contribution in [2.45, 2.75) is 16.4 Å². The molecule has 2 aromatic heterocycles. The van der Waals surface area contributed by atoms with Crippen LogP contribution in [0.15, 0.2) is 31.9 Å². The smallest absolute Gasteiger partial charge is 0.384 e. The van der Waals surface area contributed by atoms with Crippen LogP contribution in [0.5, 0.6) is 0 Å². The summed E-state index contributed by atoms with van der Waals surface area (Å²) in [6, 6.07) is 1.47. The Bertz CT molecular complexity index is 799. The van der Waals surface area contributed by atoms with Gasteiger partial charge in [-0.2, -0.15) is 18.2 Å². The lowest BCUT2D eigenvalue weighted by Crippen LogP contribution is -2.33. The number of anilines is 1. The molecule has 11 heteroatoms. The average molecular weight is 319 g/mol. The van der Waals surface area contributed by atoms with Gasteiger partial charge in [-0.25, -0.2) is 4.98 Å². The van der Waals surface area contributed by atoms with E-state index in [4.69, 9.17) is 5.73 Å². The van der Waals surface area contributed by atoms with Crippen LogP contribution in [0, 0.1) is 0 Å². The van der Waals surface area contributed by atoms with Gasteiger partial charge in [-0.05, 0) is 23.9 Å².